The van der Waals surface area contributed by atoms with Gasteiger partial charge in [0.05, 0.1) is 19.8 Å². The summed E-state index contributed by atoms with van der Waals surface area (Å²) in [5.41, 5.74) is 16.2. The van der Waals surface area contributed by atoms with Crippen molar-refractivity contribution in [2.24, 2.45) is 0 Å². The van der Waals surface area contributed by atoms with Gasteiger partial charge in [0.2, 0.25) is 0 Å². The van der Waals surface area contributed by atoms with Gasteiger partial charge in [-0.25, -0.2) is 0 Å². The second kappa shape index (κ2) is 31.8. The summed E-state index contributed by atoms with van der Waals surface area (Å²) in [7, 11) is -9.06. The molecule has 0 bridgehead atoms. The van der Waals surface area contributed by atoms with Gasteiger partial charge in [-0.2, -0.15) is 0 Å². The van der Waals surface area contributed by atoms with Gasteiger partial charge in [-0.3, -0.25) is 27.1 Å². The summed E-state index contributed by atoms with van der Waals surface area (Å²) in [6, 6.07) is 102. The molecule has 6 fully saturated rings. The number of hydrogen-bond donors (Lipinski definition) is 6. The van der Waals surface area contributed by atoms with E-state index in [-0.39, 0.29) is 98.1 Å². The fraction of sp³-hybridized carbons (Fsp3) is 0.156. The Bertz CT molecular complexity index is 5450. The molecule has 4 spiro atoms. The van der Waals surface area contributed by atoms with Crippen molar-refractivity contribution in [1.82, 2.24) is 0 Å². The topological polar surface area (TPSA) is 204 Å². The summed E-state index contributed by atoms with van der Waals surface area (Å²) < 4.78 is 53.4. The van der Waals surface area contributed by atoms with Crippen molar-refractivity contribution >= 4 is 94.0 Å². The van der Waals surface area contributed by atoms with Crippen LogP contribution in [0.1, 0.15) is 89.0 Å². The number of rotatable bonds is 0. The van der Waals surface area contributed by atoms with Crippen LogP contribution in [0.25, 0.3) is 65.3 Å². The van der Waals surface area contributed by atoms with E-state index in [9.17, 15) is 14.7 Å². The van der Waals surface area contributed by atoms with Gasteiger partial charge in [0.15, 0.2) is 58.7 Å². The SMILES string of the molecule is OP1CCO1.OP1CCO1.OP1CCO1.OP1OC2(c3ccccc3-c3ccccc32)C2(O1)c1ccccc1-c1ccccc12.OP1OC2(c3ccccc3Cc3ccccc32)C2(O1)c1ccccc1Cc1ccccc12.OP1OC23c4cccc5ccc6cccc(c6c45)C2(O1)c1cccc2ccc4cccc3c4c12.[Y].[Y].[Y]. The van der Waals surface area contributed by atoms with Gasteiger partial charge >= 0.3 is 25.8 Å². The molecule has 14 aromatic rings. The molecule has 12 aliphatic rings. The third-order valence-corrected chi connectivity index (χ3v) is 29.5. The average Bonchev–Trinajstić information content (AvgIpc) is 1.49. The predicted octanol–water partition coefficient (Wildman–Crippen LogP) is 20.4. The summed E-state index contributed by atoms with van der Waals surface area (Å²) in [6.45, 7) is 2.30. The van der Waals surface area contributed by atoms with Gasteiger partial charge in [-0.1, -0.05) is 291 Å². The minimum atomic E-state index is -2.12. The first-order valence-electron chi connectivity index (χ1n) is 37.0. The van der Waals surface area contributed by atoms with E-state index in [0.29, 0.717) is 0 Å². The Labute approximate surface area is 741 Å². The third kappa shape index (κ3) is 11.8. The molecule has 6 aliphatic carbocycles. The molecule has 6 N–H and O–H groups in total. The Balaban J connectivity index is 0.000000107. The number of fused-ring (bicyclic) bond motifs is 20. The standard InChI is InChI=1S/C30H17O3P.C28H21O3P.C26H17O3P.3C2H5O2P.3Y/c31-34-32-29-21-9-1-5-17-13-14-18-6-3-11-23(26(18)25(17)21)30(29,33-34)24-12-4-8-20-16-15-19-7-2-10-22(29)27(19)28(20)24;29-32-30-27(23-13-5-1-9-19(23)17-20-10-2-6-14-24(20)27)28(31-32)25-15-7-3-11-21(25)18-22-12-4-8-16-26(22)28;27-30-28-25(21-13-5-1-9-17(21)18-10-2-6-14-22(18)25)26(29-30)23-15-7-3-11-19(23)20-12-4-8-16-24(20)26;3*3-5-2-1-4-5;;;/h1-16,31H;1-16,29H,17-18H2;1-16,27H;3*3H,1-2H2;;;. The average molecular weight is 1840 g/mol. The maximum Gasteiger partial charge on any atom is 0.332 e. The van der Waals surface area contributed by atoms with Crippen LogP contribution in [0.2, 0.25) is 0 Å². The van der Waals surface area contributed by atoms with Gasteiger partial charge in [0.1, 0.15) is 0 Å². The van der Waals surface area contributed by atoms with E-state index in [1.807, 2.05) is 24.3 Å². The van der Waals surface area contributed by atoms with Crippen LogP contribution >= 0.6 is 50.9 Å². The molecule has 14 aromatic carbocycles. The minimum absolute atomic E-state index is 0. The van der Waals surface area contributed by atoms with E-state index in [1.54, 1.807) is 0 Å². The van der Waals surface area contributed by atoms with Crippen LogP contribution in [0.5, 0.6) is 0 Å². The van der Waals surface area contributed by atoms with Crippen molar-refractivity contribution in [2.75, 3.05) is 38.3 Å². The monoisotopic (exact) mass is 1840 g/mol. The molecule has 15 nitrogen and oxygen atoms in total. The molecule has 6 saturated heterocycles. The molecule has 3 atom stereocenters. The quantitative estimate of drug-likeness (QED) is 0.0617. The van der Waals surface area contributed by atoms with Gasteiger partial charge in [0, 0.05) is 161 Å². The largest absolute Gasteiger partial charge is 0.350 e. The second-order valence-corrected chi connectivity index (χ2v) is 35.7. The molecule has 3 radical (unpaired) electrons. The fourth-order valence-electron chi connectivity index (χ4n) is 19.5. The molecular formula is C90H70O15P6Y3. The summed E-state index contributed by atoms with van der Waals surface area (Å²) >= 11 is 0. The number of benzene rings is 14. The van der Waals surface area contributed by atoms with Crippen molar-refractivity contribution < 1.29 is 168 Å². The molecule has 559 valence electrons. The Kier molecular flexibility index (Phi) is 22.4. The van der Waals surface area contributed by atoms with Crippen LogP contribution in [0.4, 0.5) is 0 Å². The Morgan fingerprint density at radius 2 is 0.386 bits per heavy atom. The maximum absolute atomic E-state index is 11.2. The van der Waals surface area contributed by atoms with Gasteiger partial charge < -0.3 is 42.9 Å². The maximum atomic E-state index is 11.2. The van der Waals surface area contributed by atoms with Crippen LogP contribution in [0.3, 0.4) is 0 Å². The smallest absolute Gasteiger partial charge is 0.332 e. The molecule has 3 unspecified atom stereocenters. The van der Waals surface area contributed by atoms with Crippen molar-refractivity contribution in [1.29, 1.82) is 0 Å². The minimum Gasteiger partial charge on any atom is -0.350 e. The summed E-state index contributed by atoms with van der Waals surface area (Å²) in [5, 5.41) is 9.41. The predicted molar refractivity (Wildman–Crippen MR) is 437 cm³/mol. The van der Waals surface area contributed by atoms with Crippen LogP contribution in [-0.4, -0.2) is 67.7 Å². The summed E-state index contributed by atoms with van der Waals surface area (Å²) in [6.07, 6.45) is 4.32. The Morgan fingerprint density at radius 1 is 0.211 bits per heavy atom. The van der Waals surface area contributed by atoms with E-state index >= 15 is 0 Å². The van der Waals surface area contributed by atoms with Crippen molar-refractivity contribution in [3.63, 3.8) is 0 Å². The van der Waals surface area contributed by atoms with Crippen molar-refractivity contribution in [3.8, 4) is 22.3 Å². The zero-order valence-corrected chi connectivity index (χ0v) is 75.0. The molecule has 24 heteroatoms. The van der Waals surface area contributed by atoms with Crippen LogP contribution in [-0.2, 0) is 185 Å². The van der Waals surface area contributed by atoms with Crippen LogP contribution in [0, 0.1) is 0 Å². The molecule has 0 aromatic heterocycles. The Morgan fingerprint density at radius 3 is 0.596 bits per heavy atom. The van der Waals surface area contributed by atoms with Crippen LogP contribution in [0.15, 0.2) is 291 Å². The molecule has 114 heavy (non-hydrogen) atoms. The fourth-order valence-corrected chi connectivity index (χ4v) is 24.0. The molecule has 26 rings (SSSR count). The molecule has 6 heterocycles. The summed E-state index contributed by atoms with van der Waals surface area (Å²) in [5.74, 6) is 0. The zero-order valence-electron chi connectivity index (χ0n) is 61.1. The van der Waals surface area contributed by atoms with E-state index < -0.39 is 84.5 Å². The summed E-state index contributed by atoms with van der Waals surface area (Å²) in [4.78, 5) is 58.0. The first kappa shape index (κ1) is 80.5. The first-order valence-corrected chi connectivity index (χ1v) is 44.5. The zero-order chi connectivity index (χ0) is 74.6. The van der Waals surface area contributed by atoms with E-state index in [1.165, 1.54) is 65.3 Å². The molecule has 0 amide bonds. The Hall–Kier alpha value is -4.59. The first-order chi connectivity index (χ1) is 54.4. The normalized spacial score (nSPS) is 23.0. The van der Waals surface area contributed by atoms with E-state index in [2.05, 4.69) is 280 Å². The number of hydrogen-bond acceptors (Lipinski definition) is 15. The van der Waals surface area contributed by atoms with Crippen molar-refractivity contribution in [3.05, 3.63) is 380 Å². The molecule has 6 aliphatic heterocycles. The van der Waals surface area contributed by atoms with Crippen molar-refractivity contribution in [2.45, 2.75) is 46.4 Å². The van der Waals surface area contributed by atoms with Gasteiger partial charge in [0.25, 0.3) is 0 Å². The second-order valence-electron chi connectivity index (χ2n) is 29.0. The molecule has 0 saturated carbocycles. The molecular weight excluding hydrogens is 1770 g/mol. The van der Waals surface area contributed by atoms with Gasteiger partial charge in [-0.15, -0.1) is 0 Å². The van der Waals surface area contributed by atoms with E-state index in [0.717, 1.165) is 140 Å². The third-order valence-electron chi connectivity index (χ3n) is 23.8. The van der Waals surface area contributed by atoms with Crippen LogP contribution < -0.4 is 0 Å². The van der Waals surface area contributed by atoms with E-state index in [4.69, 9.17) is 41.8 Å². The van der Waals surface area contributed by atoms with Gasteiger partial charge in [-0.05, 0) is 123 Å².